The van der Waals surface area contributed by atoms with Crippen LogP contribution < -0.4 is 0 Å². The summed E-state index contributed by atoms with van der Waals surface area (Å²) in [6.07, 6.45) is 8.09. The van der Waals surface area contributed by atoms with Crippen LogP contribution in [0.1, 0.15) is 12.5 Å². The van der Waals surface area contributed by atoms with Gasteiger partial charge in [0.25, 0.3) is 0 Å². The van der Waals surface area contributed by atoms with Gasteiger partial charge in [-0.1, -0.05) is 17.7 Å². The van der Waals surface area contributed by atoms with Crippen LogP contribution in [-0.2, 0) is 4.79 Å². The minimum Gasteiger partial charge on any atom is -0.387 e. The van der Waals surface area contributed by atoms with E-state index in [1.54, 1.807) is 29.4 Å². The summed E-state index contributed by atoms with van der Waals surface area (Å²) in [5.41, 5.74) is 3.74. The van der Waals surface area contributed by atoms with E-state index < -0.39 is 12.4 Å². The molecule has 0 radical (unpaired) electrons. The number of carbonyl (C=O) groups excluding carboxylic acids is 1. The van der Waals surface area contributed by atoms with Crippen molar-refractivity contribution in [2.75, 3.05) is 19.7 Å². The Morgan fingerprint density at radius 1 is 1.25 bits per heavy atom. The zero-order chi connectivity index (χ0) is 25.0. The maximum Gasteiger partial charge on any atom is 0.248 e. The zero-order valence-electron chi connectivity index (χ0n) is 18.8. The monoisotopic (exact) mass is 568 g/mol. The van der Waals surface area contributed by atoms with Gasteiger partial charge in [-0.05, 0) is 46.6 Å². The molecule has 8 nitrogen and oxygen atoms in total. The van der Waals surface area contributed by atoms with Crippen molar-refractivity contribution < 1.29 is 14.3 Å². The number of likely N-dealkylation sites (tertiary alicyclic amines) is 1. The molecule has 4 aromatic heterocycles. The molecular weight excluding hydrogens is 551 g/mol. The summed E-state index contributed by atoms with van der Waals surface area (Å²) < 4.78 is 18.9. The van der Waals surface area contributed by atoms with Gasteiger partial charge in [0, 0.05) is 48.2 Å². The van der Waals surface area contributed by atoms with Crippen molar-refractivity contribution in [2.45, 2.75) is 12.5 Å². The Balaban J connectivity index is 1.40. The van der Waals surface area contributed by atoms with Gasteiger partial charge >= 0.3 is 0 Å². The molecule has 0 unspecified atom stereocenters. The first-order valence-electron chi connectivity index (χ1n) is 11.3. The van der Waals surface area contributed by atoms with Crippen LogP contribution >= 0.6 is 27.5 Å². The van der Waals surface area contributed by atoms with Crippen LogP contribution in [0.15, 0.2) is 59.7 Å². The third-order valence-corrected chi connectivity index (χ3v) is 7.63. The van der Waals surface area contributed by atoms with Crippen molar-refractivity contribution >= 4 is 50.0 Å². The summed E-state index contributed by atoms with van der Waals surface area (Å²) in [4.78, 5) is 22.8. The van der Waals surface area contributed by atoms with E-state index in [1.165, 1.54) is 6.07 Å². The average molecular weight is 570 g/mol. The van der Waals surface area contributed by atoms with Crippen molar-refractivity contribution in [3.63, 3.8) is 0 Å². The number of nitrogens with zero attached hydrogens (tertiary/aromatic N) is 6. The summed E-state index contributed by atoms with van der Waals surface area (Å²) in [5, 5.41) is 14.7. The molecule has 1 aliphatic rings. The number of aliphatic hydroxyl groups is 1. The highest BCUT2D eigenvalue weighted by Crippen LogP contribution is 2.37. The van der Waals surface area contributed by atoms with Gasteiger partial charge in [-0.15, -0.1) is 0 Å². The molecule has 0 bridgehead atoms. The highest BCUT2D eigenvalue weighted by atomic mass is 79.9. The Bertz CT molecular complexity index is 1630. The highest BCUT2D eigenvalue weighted by molar-refractivity contribution is 9.10. The molecule has 5 heterocycles. The molecule has 36 heavy (non-hydrogen) atoms. The summed E-state index contributed by atoms with van der Waals surface area (Å²) in [6.45, 7) is 0.626. The van der Waals surface area contributed by atoms with Crippen LogP contribution in [0.2, 0.25) is 5.02 Å². The number of amides is 1. The number of hydrogen-bond donors (Lipinski definition) is 1. The van der Waals surface area contributed by atoms with Crippen molar-refractivity contribution in [3.05, 3.63) is 70.6 Å². The number of aromatic nitrogens is 5. The summed E-state index contributed by atoms with van der Waals surface area (Å²) in [5.74, 6) is -0.720. The number of halogens is 3. The predicted octanol–water partition coefficient (Wildman–Crippen LogP) is 4.73. The molecule has 0 aliphatic carbocycles. The molecule has 6 rings (SSSR count). The molecule has 1 aliphatic heterocycles. The Morgan fingerprint density at radius 2 is 2.11 bits per heavy atom. The van der Waals surface area contributed by atoms with E-state index in [2.05, 4.69) is 26.0 Å². The molecule has 0 saturated carbocycles. The fourth-order valence-electron chi connectivity index (χ4n) is 4.68. The van der Waals surface area contributed by atoms with Crippen LogP contribution in [-0.4, -0.2) is 59.8 Å². The topological polar surface area (TPSA) is 88.5 Å². The molecule has 5 aromatic rings. The second kappa shape index (κ2) is 8.95. The molecule has 1 fully saturated rings. The van der Waals surface area contributed by atoms with E-state index in [1.807, 2.05) is 33.6 Å². The van der Waals surface area contributed by atoms with E-state index in [0.29, 0.717) is 29.0 Å². The number of fused-ring (bicyclic) bond motifs is 3. The minimum absolute atomic E-state index is 0.0469. The van der Waals surface area contributed by atoms with Crippen molar-refractivity contribution in [3.8, 4) is 22.4 Å². The van der Waals surface area contributed by atoms with Gasteiger partial charge < -0.3 is 10.0 Å². The number of hydrogen-bond acceptors (Lipinski definition) is 5. The summed E-state index contributed by atoms with van der Waals surface area (Å²) in [7, 11) is 0. The summed E-state index contributed by atoms with van der Waals surface area (Å²) in [6, 6.07) is 8.46. The number of benzene rings is 1. The third kappa shape index (κ3) is 3.76. The van der Waals surface area contributed by atoms with Crippen LogP contribution in [0.25, 0.3) is 38.9 Å². The maximum absolute atomic E-state index is 14.7. The number of imidazole rings is 1. The van der Waals surface area contributed by atoms with Gasteiger partial charge in [-0.2, -0.15) is 5.10 Å². The van der Waals surface area contributed by atoms with E-state index in [0.717, 1.165) is 28.5 Å². The van der Waals surface area contributed by atoms with Gasteiger partial charge in [0.15, 0.2) is 0 Å². The van der Waals surface area contributed by atoms with Crippen LogP contribution in [0.4, 0.5) is 4.39 Å². The van der Waals surface area contributed by atoms with Crippen LogP contribution in [0, 0.1) is 5.82 Å². The molecule has 1 saturated heterocycles. The number of rotatable bonds is 4. The normalized spacial score (nSPS) is 15.9. The quantitative estimate of drug-likeness (QED) is 0.338. The second-order valence-electron chi connectivity index (χ2n) is 8.66. The van der Waals surface area contributed by atoms with E-state index in [-0.39, 0.29) is 22.5 Å². The zero-order valence-corrected chi connectivity index (χ0v) is 21.1. The Kier molecular flexibility index (Phi) is 5.74. The first-order chi connectivity index (χ1) is 17.4. The Morgan fingerprint density at radius 3 is 2.92 bits per heavy atom. The molecule has 0 spiro atoms. The van der Waals surface area contributed by atoms with Gasteiger partial charge in [-0.3, -0.25) is 18.9 Å². The molecule has 1 N–H and O–H groups in total. The number of aliphatic hydroxyl groups excluding tert-OH is 1. The van der Waals surface area contributed by atoms with Crippen molar-refractivity contribution in [1.82, 2.24) is 29.0 Å². The third-order valence-electron chi connectivity index (χ3n) is 6.55. The lowest BCUT2D eigenvalue weighted by atomic mass is 10.1. The van der Waals surface area contributed by atoms with Gasteiger partial charge in [0.2, 0.25) is 5.91 Å². The molecule has 1 amide bonds. The molecule has 182 valence electrons. The van der Waals surface area contributed by atoms with Crippen molar-refractivity contribution in [2.24, 2.45) is 0 Å². The van der Waals surface area contributed by atoms with Crippen molar-refractivity contribution in [1.29, 1.82) is 0 Å². The van der Waals surface area contributed by atoms with E-state index in [9.17, 15) is 9.18 Å². The largest absolute Gasteiger partial charge is 0.387 e. The van der Waals surface area contributed by atoms with Gasteiger partial charge in [-0.25, -0.2) is 9.37 Å². The van der Waals surface area contributed by atoms with E-state index >= 15 is 0 Å². The molecule has 1 aromatic carbocycles. The van der Waals surface area contributed by atoms with Crippen LogP contribution in [0.5, 0.6) is 0 Å². The Hall–Kier alpha value is -3.34. The second-order valence-corrected chi connectivity index (χ2v) is 9.82. The number of carbonyl (C=O) groups is 1. The van der Waals surface area contributed by atoms with Gasteiger partial charge in [0.05, 0.1) is 28.3 Å². The first-order valence-corrected chi connectivity index (χ1v) is 12.5. The average Bonchev–Trinajstić information content (AvgIpc) is 3.63. The number of pyridine rings is 2. The predicted molar refractivity (Wildman–Crippen MR) is 137 cm³/mol. The SMILES string of the molecule is O=C(CO)N1CC[C@H](n2cc(-c3cnc4ccn5c(Br)c(-c6c(F)cccc6Cl)nc5c4c3)cn2)C1. The lowest BCUT2D eigenvalue weighted by molar-refractivity contribution is -0.133. The standard InChI is InChI=1S/C25H19BrClFN6O2/c26-24-23(22-18(27)2-1-3-19(22)28)31-25-17-8-14(9-29-20(17)5-7-33(24)25)15-10-30-34(11-15)16-4-6-32(12-16)21(36)13-35/h1-3,5,7-11,16,35H,4,6,12-13H2/t16-/m0/s1. The van der Waals surface area contributed by atoms with E-state index in [4.69, 9.17) is 21.7 Å². The first kappa shape index (κ1) is 23.1. The fourth-order valence-corrected chi connectivity index (χ4v) is 5.51. The smallest absolute Gasteiger partial charge is 0.248 e. The maximum atomic E-state index is 14.7. The molecular formula is C25H19BrClFN6O2. The highest BCUT2D eigenvalue weighted by Gasteiger charge is 2.27. The lowest BCUT2D eigenvalue weighted by Crippen LogP contribution is -2.31. The molecule has 11 heteroatoms. The molecule has 1 atom stereocenters. The fraction of sp³-hybridized carbons (Fsp3) is 0.200. The van der Waals surface area contributed by atoms with Gasteiger partial charge in [0.1, 0.15) is 28.4 Å². The summed E-state index contributed by atoms with van der Waals surface area (Å²) >= 11 is 9.88. The van der Waals surface area contributed by atoms with Crippen LogP contribution in [0.3, 0.4) is 0 Å². The lowest BCUT2D eigenvalue weighted by Gasteiger charge is -2.15. The Labute approximate surface area is 218 Å². The minimum atomic E-state index is -0.483.